The molecule has 0 spiro atoms. The molecule has 1 aromatic rings. The molecule has 0 saturated heterocycles. The van der Waals surface area contributed by atoms with E-state index >= 15 is 0 Å². The normalized spacial score (nSPS) is 28.1. The fraction of sp³-hybridized carbons (Fsp3) is 0.654. The molecular formula is C26H37IO4. The van der Waals surface area contributed by atoms with Crippen LogP contribution in [0.4, 0.5) is 0 Å². The Balaban J connectivity index is 1.59. The molecule has 1 aromatic carbocycles. The minimum Gasteiger partial charge on any atom is -0.469 e. The monoisotopic (exact) mass is 540 g/mol. The summed E-state index contributed by atoms with van der Waals surface area (Å²) in [5.41, 5.74) is 2.19. The van der Waals surface area contributed by atoms with E-state index in [0.29, 0.717) is 22.2 Å². The molecule has 2 aliphatic carbocycles. The van der Waals surface area contributed by atoms with Crippen molar-refractivity contribution in [1.82, 2.24) is 0 Å². The Bertz CT molecular complexity index is 711. The second kappa shape index (κ2) is 12.4. The highest BCUT2D eigenvalue weighted by Crippen LogP contribution is 2.46. The van der Waals surface area contributed by atoms with Gasteiger partial charge in [0.15, 0.2) is 0 Å². The van der Waals surface area contributed by atoms with E-state index in [0.717, 1.165) is 44.1 Å². The van der Waals surface area contributed by atoms with Gasteiger partial charge in [-0.1, -0.05) is 78.3 Å². The molecule has 2 N–H and O–H groups in total. The second-order valence-corrected chi connectivity index (χ2v) is 10.8. The van der Waals surface area contributed by atoms with Crippen LogP contribution in [0.2, 0.25) is 0 Å². The van der Waals surface area contributed by atoms with Crippen molar-refractivity contribution in [3.8, 4) is 0 Å². The summed E-state index contributed by atoms with van der Waals surface area (Å²) in [5, 5.41) is 21.6. The van der Waals surface area contributed by atoms with Crippen molar-refractivity contribution in [2.75, 3.05) is 7.11 Å². The summed E-state index contributed by atoms with van der Waals surface area (Å²) >= 11 is 2.48. The van der Waals surface area contributed by atoms with Crippen molar-refractivity contribution >= 4 is 28.6 Å². The Morgan fingerprint density at radius 1 is 1.19 bits per heavy atom. The fourth-order valence-electron chi connectivity index (χ4n) is 5.30. The molecule has 3 unspecified atom stereocenters. The standard InChI is InChI=1S/C26H37IO4/c1-31-24(29)12-8-3-2-7-11-21-22(27)17-23(28)25(21)18-13-15-20(16-14-18)26(30)19-9-5-4-6-10-19/h2,7,13-16,19,21-23,25-26,28,30H,3-6,8-12,17H2,1H3/b7-2-/t21-,22?,23+,25?,26?/m0/s1. The highest BCUT2D eigenvalue weighted by Gasteiger charge is 2.41. The van der Waals surface area contributed by atoms with Crippen LogP contribution in [-0.2, 0) is 9.53 Å². The molecule has 0 amide bonds. The van der Waals surface area contributed by atoms with Gasteiger partial charge in [0.2, 0.25) is 0 Å². The Hall–Kier alpha value is -0.920. The van der Waals surface area contributed by atoms with E-state index in [1.165, 1.54) is 31.9 Å². The molecule has 172 valence electrons. The van der Waals surface area contributed by atoms with Crippen LogP contribution in [0.3, 0.4) is 0 Å². The van der Waals surface area contributed by atoms with Crippen LogP contribution in [0, 0.1) is 11.8 Å². The van der Waals surface area contributed by atoms with Crippen molar-refractivity contribution in [1.29, 1.82) is 0 Å². The van der Waals surface area contributed by atoms with Gasteiger partial charge < -0.3 is 14.9 Å². The van der Waals surface area contributed by atoms with Gasteiger partial charge in [-0.3, -0.25) is 4.79 Å². The summed E-state index contributed by atoms with van der Waals surface area (Å²) in [6.45, 7) is 0. The second-order valence-electron chi connectivity index (χ2n) is 9.19. The average molecular weight is 540 g/mol. The first kappa shape index (κ1) is 24.7. The van der Waals surface area contributed by atoms with E-state index in [9.17, 15) is 15.0 Å². The molecule has 4 nitrogen and oxygen atoms in total. The van der Waals surface area contributed by atoms with Crippen LogP contribution in [-0.4, -0.2) is 33.3 Å². The number of unbranched alkanes of at least 4 members (excludes halogenated alkanes) is 1. The topological polar surface area (TPSA) is 66.8 Å². The summed E-state index contributed by atoms with van der Waals surface area (Å²) in [5.74, 6) is 0.744. The highest BCUT2D eigenvalue weighted by molar-refractivity contribution is 14.1. The van der Waals surface area contributed by atoms with Gasteiger partial charge in [0, 0.05) is 16.3 Å². The largest absolute Gasteiger partial charge is 0.469 e. The van der Waals surface area contributed by atoms with Gasteiger partial charge in [-0.15, -0.1) is 0 Å². The van der Waals surface area contributed by atoms with Crippen molar-refractivity contribution in [3.05, 3.63) is 47.5 Å². The molecule has 0 aliphatic heterocycles. The molecule has 5 heteroatoms. The van der Waals surface area contributed by atoms with Gasteiger partial charge >= 0.3 is 5.97 Å². The minimum atomic E-state index is -0.371. The van der Waals surface area contributed by atoms with E-state index < -0.39 is 0 Å². The van der Waals surface area contributed by atoms with Crippen molar-refractivity contribution in [2.45, 2.75) is 86.3 Å². The van der Waals surface area contributed by atoms with Crippen LogP contribution >= 0.6 is 22.6 Å². The summed E-state index contributed by atoms with van der Waals surface area (Å²) in [4.78, 5) is 11.2. The van der Waals surface area contributed by atoms with Gasteiger partial charge in [0.1, 0.15) is 0 Å². The lowest BCUT2D eigenvalue weighted by molar-refractivity contribution is -0.140. The van der Waals surface area contributed by atoms with Gasteiger partial charge in [0.25, 0.3) is 0 Å². The third-order valence-corrected chi connectivity index (χ3v) is 8.55. The Morgan fingerprint density at radius 2 is 1.90 bits per heavy atom. The van der Waals surface area contributed by atoms with E-state index in [1.54, 1.807) is 0 Å². The number of hydrogen-bond acceptors (Lipinski definition) is 4. The van der Waals surface area contributed by atoms with Crippen molar-refractivity contribution in [3.63, 3.8) is 0 Å². The van der Waals surface area contributed by atoms with Crippen LogP contribution in [0.15, 0.2) is 36.4 Å². The summed E-state index contributed by atoms with van der Waals surface area (Å²) in [6.07, 6.45) is 13.5. The van der Waals surface area contributed by atoms with Gasteiger partial charge in [-0.25, -0.2) is 0 Å². The Kier molecular flexibility index (Phi) is 9.85. The number of esters is 1. The number of halogens is 1. The third-order valence-electron chi connectivity index (χ3n) is 7.12. The molecule has 0 aromatic heterocycles. The number of benzene rings is 1. The molecule has 5 atom stereocenters. The first-order chi connectivity index (χ1) is 15.0. The summed E-state index contributed by atoms with van der Waals surface area (Å²) in [7, 11) is 1.42. The lowest BCUT2D eigenvalue weighted by atomic mass is 9.81. The summed E-state index contributed by atoms with van der Waals surface area (Å²) < 4.78 is 5.11. The van der Waals surface area contributed by atoms with Crippen molar-refractivity contribution < 1.29 is 19.7 Å². The van der Waals surface area contributed by atoms with Gasteiger partial charge in [-0.05, 0) is 61.5 Å². The predicted octanol–water partition coefficient (Wildman–Crippen LogP) is 5.86. The molecule has 0 radical (unpaired) electrons. The molecule has 3 rings (SSSR count). The number of aliphatic hydroxyl groups excluding tert-OH is 2. The van der Waals surface area contributed by atoms with Crippen molar-refractivity contribution in [2.24, 2.45) is 11.8 Å². The first-order valence-corrected chi connectivity index (χ1v) is 13.1. The quantitative estimate of drug-likeness (QED) is 0.136. The Labute approximate surface area is 200 Å². The maximum Gasteiger partial charge on any atom is 0.305 e. The fourth-order valence-corrected chi connectivity index (χ4v) is 6.56. The predicted molar refractivity (Wildman–Crippen MR) is 132 cm³/mol. The van der Waals surface area contributed by atoms with E-state index in [2.05, 4.69) is 63.7 Å². The zero-order valence-corrected chi connectivity index (χ0v) is 20.7. The number of hydrogen-bond donors (Lipinski definition) is 2. The third kappa shape index (κ3) is 6.78. The minimum absolute atomic E-state index is 0.127. The molecular weight excluding hydrogens is 503 g/mol. The first-order valence-electron chi connectivity index (χ1n) is 11.8. The average Bonchev–Trinajstić information content (AvgIpc) is 3.08. The van der Waals surface area contributed by atoms with E-state index in [-0.39, 0.29) is 24.1 Å². The number of carbonyl (C=O) groups is 1. The molecule has 2 aliphatic rings. The van der Waals surface area contributed by atoms with E-state index in [1.807, 2.05) is 0 Å². The maximum atomic E-state index is 11.2. The van der Waals surface area contributed by atoms with Gasteiger partial charge in [0.05, 0.1) is 19.3 Å². The SMILES string of the molecule is COC(=O)CCC/C=C\C[C@H]1C(I)C[C@@H](O)C1c1ccc(C(O)C2CCCCC2)cc1. The number of rotatable bonds is 9. The molecule has 31 heavy (non-hydrogen) atoms. The maximum absolute atomic E-state index is 11.2. The molecule has 0 heterocycles. The smallest absolute Gasteiger partial charge is 0.305 e. The number of carbonyl (C=O) groups excluding carboxylic acids is 1. The summed E-state index contributed by atoms with van der Waals surface area (Å²) in [6, 6.07) is 8.39. The lowest BCUT2D eigenvalue weighted by Gasteiger charge is -2.27. The van der Waals surface area contributed by atoms with Crippen LogP contribution < -0.4 is 0 Å². The van der Waals surface area contributed by atoms with E-state index in [4.69, 9.17) is 0 Å². The van der Waals surface area contributed by atoms with Crippen LogP contribution in [0.25, 0.3) is 0 Å². The number of methoxy groups -OCH3 is 1. The number of alkyl halides is 1. The zero-order valence-electron chi connectivity index (χ0n) is 18.6. The van der Waals surface area contributed by atoms with Crippen LogP contribution in [0.1, 0.15) is 87.4 Å². The molecule has 2 saturated carbocycles. The molecule has 0 bridgehead atoms. The van der Waals surface area contributed by atoms with Crippen LogP contribution in [0.5, 0.6) is 0 Å². The highest BCUT2D eigenvalue weighted by atomic mass is 127. The molecule has 2 fully saturated rings. The number of ether oxygens (including phenoxy) is 1. The zero-order chi connectivity index (χ0) is 22.2. The van der Waals surface area contributed by atoms with Gasteiger partial charge in [-0.2, -0.15) is 0 Å². The number of allylic oxidation sites excluding steroid dienone is 2. The lowest BCUT2D eigenvalue weighted by Crippen LogP contribution is -2.19. The number of aliphatic hydroxyl groups is 2. The Morgan fingerprint density at radius 3 is 2.58 bits per heavy atom.